The van der Waals surface area contributed by atoms with Crippen LogP contribution in [0.15, 0.2) is 47.3 Å². The zero-order valence-corrected chi connectivity index (χ0v) is 21.6. The maximum atomic E-state index is 5.78. The summed E-state index contributed by atoms with van der Waals surface area (Å²) in [6, 6.07) is 12.7. The highest BCUT2D eigenvalue weighted by Crippen LogP contribution is 2.58. The summed E-state index contributed by atoms with van der Waals surface area (Å²) in [6.45, 7) is 10.6. The van der Waals surface area contributed by atoms with E-state index < -0.39 is 7.36 Å². The SMILES string of the molecule is Cc1ccccc1N=P(c1c(C)nc2ccc(I)cn12)(N1CCOCC1)N1CCOCC1. The van der Waals surface area contributed by atoms with Crippen molar-refractivity contribution < 1.29 is 9.47 Å². The second-order valence-corrected chi connectivity index (χ2v) is 12.3. The molecule has 1 aromatic carbocycles. The van der Waals surface area contributed by atoms with E-state index in [0.717, 1.165) is 69.6 Å². The molecule has 32 heavy (non-hydrogen) atoms. The molecule has 0 N–H and O–H groups in total. The van der Waals surface area contributed by atoms with Crippen LogP contribution < -0.4 is 5.44 Å². The third-order valence-electron chi connectivity index (χ3n) is 6.14. The molecular weight excluding hydrogens is 536 g/mol. The Morgan fingerprint density at radius 2 is 1.53 bits per heavy atom. The van der Waals surface area contributed by atoms with Gasteiger partial charge in [0.15, 0.2) is 7.36 Å². The third kappa shape index (κ3) is 4.06. The van der Waals surface area contributed by atoms with Gasteiger partial charge in [-0.3, -0.25) is 4.40 Å². The highest BCUT2D eigenvalue weighted by molar-refractivity contribution is 14.1. The van der Waals surface area contributed by atoms with Gasteiger partial charge in [0.2, 0.25) is 0 Å². The number of aromatic nitrogens is 2. The Labute approximate surface area is 203 Å². The van der Waals surface area contributed by atoms with Crippen molar-refractivity contribution in [1.82, 2.24) is 18.7 Å². The number of aryl methyl sites for hydroxylation is 2. The molecule has 170 valence electrons. The first-order valence-electron chi connectivity index (χ1n) is 11.1. The molecule has 3 aromatic rings. The van der Waals surface area contributed by atoms with Gasteiger partial charge < -0.3 is 9.47 Å². The Morgan fingerprint density at radius 3 is 2.16 bits per heavy atom. The normalized spacial score (nSPS) is 18.8. The fraction of sp³-hybridized carbons (Fsp3) is 0.435. The summed E-state index contributed by atoms with van der Waals surface area (Å²) < 4.78 is 25.9. The Balaban J connectivity index is 1.87. The number of rotatable bonds is 4. The molecule has 9 heteroatoms. The minimum Gasteiger partial charge on any atom is -0.379 e. The van der Waals surface area contributed by atoms with Gasteiger partial charge in [0.1, 0.15) is 11.1 Å². The molecule has 0 atom stereocenters. The molecule has 2 saturated heterocycles. The zero-order valence-electron chi connectivity index (χ0n) is 18.6. The molecule has 0 amide bonds. The summed E-state index contributed by atoms with van der Waals surface area (Å²) in [6.07, 6.45) is 2.20. The van der Waals surface area contributed by atoms with E-state index in [-0.39, 0.29) is 0 Å². The quantitative estimate of drug-likeness (QED) is 0.351. The van der Waals surface area contributed by atoms with Gasteiger partial charge >= 0.3 is 0 Å². The van der Waals surface area contributed by atoms with Crippen molar-refractivity contribution in [3.8, 4) is 0 Å². The van der Waals surface area contributed by atoms with E-state index in [9.17, 15) is 0 Å². The number of hydrogen-bond donors (Lipinski definition) is 0. The van der Waals surface area contributed by atoms with Gasteiger partial charge in [0.05, 0.1) is 37.8 Å². The zero-order chi connectivity index (χ0) is 22.1. The fourth-order valence-corrected chi connectivity index (χ4v) is 9.20. The Bertz CT molecular complexity index is 1150. The van der Waals surface area contributed by atoms with Gasteiger partial charge in [-0.2, -0.15) is 0 Å². The van der Waals surface area contributed by atoms with Crippen molar-refractivity contribution in [2.45, 2.75) is 13.8 Å². The van der Waals surface area contributed by atoms with Crippen molar-refractivity contribution in [2.24, 2.45) is 4.74 Å². The number of pyridine rings is 1. The number of halogens is 1. The number of morpholine rings is 2. The van der Waals surface area contributed by atoms with Crippen LogP contribution in [-0.2, 0) is 9.47 Å². The number of benzene rings is 1. The standard InChI is InChI=1S/C23H29IN5O2P/c1-18-5-3-4-6-21(18)26-32(27-9-13-30-14-10-27,28-11-15-31-16-12-28)23-19(2)25-22-8-7-20(24)17-29(22)23/h3-8,17H,9-16H2,1-2H3. The fourth-order valence-electron chi connectivity index (χ4n) is 4.60. The van der Waals surface area contributed by atoms with Crippen LogP contribution in [0.25, 0.3) is 5.65 Å². The molecule has 2 aromatic heterocycles. The van der Waals surface area contributed by atoms with Crippen LogP contribution in [-0.4, -0.2) is 71.3 Å². The molecule has 7 nitrogen and oxygen atoms in total. The van der Waals surface area contributed by atoms with Crippen molar-refractivity contribution in [3.05, 3.63) is 57.4 Å². The molecule has 2 fully saturated rings. The summed E-state index contributed by atoms with van der Waals surface area (Å²) in [5, 5.41) is 0. The maximum Gasteiger partial charge on any atom is 0.151 e. The summed E-state index contributed by atoms with van der Waals surface area (Å²) in [5.74, 6) is 0. The predicted molar refractivity (Wildman–Crippen MR) is 137 cm³/mol. The molecule has 5 rings (SSSR count). The lowest BCUT2D eigenvalue weighted by molar-refractivity contribution is 0.0578. The molecule has 0 spiro atoms. The second kappa shape index (κ2) is 9.52. The number of ether oxygens (including phenoxy) is 2. The van der Waals surface area contributed by atoms with Gasteiger partial charge in [0.25, 0.3) is 0 Å². The summed E-state index contributed by atoms with van der Waals surface area (Å²) in [5.41, 5.74) is 5.50. The van der Waals surface area contributed by atoms with E-state index in [0.29, 0.717) is 0 Å². The maximum absolute atomic E-state index is 5.78. The van der Waals surface area contributed by atoms with Crippen molar-refractivity contribution in [2.75, 3.05) is 52.6 Å². The number of imidazole rings is 1. The lowest BCUT2D eigenvalue weighted by atomic mass is 10.2. The third-order valence-corrected chi connectivity index (χ3v) is 10.8. The summed E-state index contributed by atoms with van der Waals surface area (Å²) in [7, 11) is -2.37. The first kappa shape index (κ1) is 22.5. The first-order valence-corrected chi connectivity index (χ1v) is 13.8. The number of nitrogens with zero attached hydrogens (tertiary/aromatic N) is 5. The van der Waals surface area contributed by atoms with E-state index in [1.165, 1.54) is 14.6 Å². The highest BCUT2D eigenvalue weighted by Gasteiger charge is 2.42. The van der Waals surface area contributed by atoms with Crippen molar-refractivity contribution in [3.63, 3.8) is 0 Å². The van der Waals surface area contributed by atoms with Gasteiger partial charge in [-0.1, -0.05) is 18.2 Å². The minimum absolute atomic E-state index is 0.725. The van der Waals surface area contributed by atoms with Crippen LogP contribution in [0.3, 0.4) is 0 Å². The molecule has 0 bridgehead atoms. The predicted octanol–water partition coefficient (Wildman–Crippen LogP) is 4.21. The first-order chi connectivity index (χ1) is 15.6. The molecule has 0 unspecified atom stereocenters. The molecule has 2 aliphatic heterocycles. The van der Waals surface area contributed by atoms with E-state index in [1.54, 1.807) is 0 Å². The van der Waals surface area contributed by atoms with Gasteiger partial charge in [-0.05, 0) is 60.2 Å². The lowest BCUT2D eigenvalue weighted by Gasteiger charge is -2.46. The number of hydrogen-bond acceptors (Lipinski definition) is 4. The molecule has 4 heterocycles. The number of fused-ring (bicyclic) bond motifs is 1. The van der Waals surface area contributed by atoms with E-state index in [1.807, 2.05) is 0 Å². The largest absolute Gasteiger partial charge is 0.379 e. The van der Waals surface area contributed by atoms with Crippen LogP contribution in [0, 0.1) is 17.4 Å². The average molecular weight is 565 g/mol. The smallest absolute Gasteiger partial charge is 0.151 e. The van der Waals surface area contributed by atoms with Crippen molar-refractivity contribution in [1.29, 1.82) is 0 Å². The lowest BCUT2D eigenvalue weighted by Crippen LogP contribution is -2.47. The van der Waals surface area contributed by atoms with Crippen LogP contribution in [0.4, 0.5) is 5.69 Å². The van der Waals surface area contributed by atoms with Crippen molar-refractivity contribution >= 4 is 46.7 Å². The highest BCUT2D eigenvalue weighted by atomic mass is 127. The summed E-state index contributed by atoms with van der Waals surface area (Å²) >= 11 is 2.39. The monoisotopic (exact) mass is 565 g/mol. The van der Waals surface area contributed by atoms with E-state index in [4.69, 9.17) is 19.2 Å². The summed E-state index contributed by atoms with van der Waals surface area (Å²) in [4.78, 5) is 4.99. The Hall–Kier alpha value is -1.29. The van der Waals surface area contributed by atoms with Gasteiger partial charge in [-0.15, -0.1) is 0 Å². The van der Waals surface area contributed by atoms with Gasteiger partial charge in [0, 0.05) is 35.9 Å². The van der Waals surface area contributed by atoms with Crippen LogP contribution in [0.1, 0.15) is 11.3 Å². The van der Waals surface area contributed by atoms with E-state index in [2.05, 4.69) is 92.8 Å². The van der Waals surface area contributed by atoms with Crippen LogP contribution in [0.2, 0.25) is 0 Å². The molecule has 0 radical (unpaired) electrons. The molecule has 0 aliphatic carbocycles. The molecule has 2 aliphatic rings. The topological polar surface area (TPSA) is 54.6 Å². The Morgan fingerprint density at radius 1 is 0.906 bits per heavy atom. The minimum atomic E-state index is -2.37. The Kier molecular flexibility index (Phi) is 6.70. The van der Waals surface area contributed by atoms with E-state index >= 15 is 0 Å². The molecule has 0 saturated carbocycles. The van der Waals surface area contributed by atoms with Crippen LogP contribution in [0.5, 0.6) is 0 Å². The molecular formula is C23H29IN5O2P. The van der Waals surface area contributed by atoms with Gasteiger partial charge in [-0.25, -0.2) is 19.1 Å². The average Bonchev–Trinajstić information content (AvgIpc) is 3.15. The van der Waals surface area contributed by atoms with Crippen LogP contribution >= 0.6 is 29.9 Å². The second-order valence-electron chi connectivity index (χ2n) is 8.18.